The van der Waals surface area contributed by atoms with Gasteiger partial charge in [0.1, 0.15) is 13.2 Å². The smallest absolute Gasteiger partial charge is 0.176 e. The third kappa shape index (κ3) is 2.40. The van der Waals surface area contributed by atoms with E-state index in [9.17, 15) is 4.79 Å². The summed E-state index contributed by atoms with van der Waals surface area (Å²) >= 11 is 0. The lowest BCUT2D eigenvalue weighted by atomic mass is 10.1. The second kappa shape index (κ2) is 5.00. The quantitative estimate of drug-likeness (QED) is 0.574. The summed E-state index contributed by atoms with van der Waals surface area (Å²) in [6.07, 6.45) is 0. The van der Waals surface area contributed by atoms with E-state index in [0.717, 1.165) is 0 Å². The van der Waals surface area contributed by atoms with Crippen molar-refractivity contribution in [3.05, 3.63) is 23.8 Å². The van der Waals surface area contributed by atoms with Gasteiger partial charge in [-0.2, -0.15) is 0 Å². The number of halogens is 1. The first-order valence-electron chi connectivity index (χ1n) is 4.44. The highest BCUT2D eigenvalue weighted by atomic mass is 35.5. The molecule has 2 N–H and O–H groups in total. The highest BCUT2D eigenvalue weighted by Gasteiger charge is 2.13. The number of hydrogen-bond donors (Lipinski definition) is 1. The summed E-state index contributed by atoms with van der Waals surface area (Å²) in [4.78, 5) is 11.3. The number of fused-ring (bicyclic) bond motifs is 1. The highest BCUT2D eigenvalue weighted by Crippen LogP contribution is 2.30. The van der Waals surface area contributed by atoms with Gasteiger partial charge in [0.2, 0.25) is 0 Å². The van der Waals surface area contributed by atoms with E-state index in [0.29, 0.717) is 30.3 Å². The maximum Gasteiger partial charge on any atom is 0.176 e. The molecule has 0 unspecified atom stereocenters. The predicted octanol–water partition coefficient (Wildman–Crippen LogP) is -2.40. The zero-order valence-electron chi connectivity index (χ0n) is 8.03. The van der Waals surface area contributed by atoms with Crippen LogP contribution >= 0.6 is 0 Å². The van der Waals surface area contributed by atoms with E-state index < -0.39 is 0 Å². The van der Waals surface area contributed by atoms with E-state index in [-0.39, 0.29) is 24.7 Å². The number of Topliss-reactive ketones (excluding diaryl/α,β-unsaturated/α-hetero) is 1. The summed E-state index contributed by atoms with van der Waals surface area (Å²) in [5.41, 5.74) is 5.82. The monoisotopic (exact) mass is 228 g/mol. The Labute approximate surface area is 93.8 Å². The lowest BCUT2D eigenvalue weighted by Crippen LogP contribution is -3.00. The molecular weight excluding hydrogens is 218 g/mol. The molecule has 0 spiro atoms. The molecule has 4 nitrogen and oxygen atoms in total. The average molecular weight is 229 g/mol. The van der Waals surface area contributed by atoms with Gasteiger partial charge in [0, 0.05) is 5.56 Å². The van der Waals surface area contributed by atoms with Gasteiger partial charge in [0.05, 0.1) is 6.54 Å². The molecule has 0 aliphatic carbocycles. The Hall–Kier alpha value is -1.26. The molecule has 0 amide bonds. The van der Waals surface area contributed by atoms with Gasteiger partial charge in [0.15, 0.2) is 17.3 Å². The first-order chi connectivity index (χ1) is 6.81. The number of carbonyl (C=O) groups excluding carboxylic acids is 1. The van der Waals surface area contributed by atoms with Gasteiger partial charge < -0.3 is 27.6 Å². The molecule has 1 aliphatic heterocycles. The van der Waals surface area contributed by atoms with Crippen molar-refractivity contribution in [1.29, 1.82) is 0 Å². The summed E-state index contributed by atoms with van der Waals surface area (Å²) in [6.45, 7) is 1.09. The summed E-state index contributed by atoms with van der Waals surface area (Å²) in [5.74, 6) is 1.21. The minimum atomic E-state index is -0.0954. The van der Waals surface area contributed by atoms with Crippen molar-refractivity contribution in [2.75, 3.05) is 19.8 Å². The first kappa shape index (κ1) is 11.8. The number of ketones is 1. The minimum Gasteiger partial charge on any atom is -1.00 e. The second-order valence-corrected chi connectivity index (χ2v) is 2.99. The van der Waals surface area contributed by atoms with Gasteiger partial charge in [-0.1, -0.05) is 0 Å². The standard InChI is InChI=1S/C10H11NO3.ClH/c11-6-8(12)7-1-2-9-10(5-7)14-4-3-13-9;/h1-2,5H,3-4,6,11H2;1H/p-1. The van der Waals surface area contributed by atoms with Gasteiger partial charge in [-0.25, -0.2) is 0 Å². The highest BCUT2D eigenvalue weighted by molar-refractivity contribution is 5.98. The Morgan fingerprint density at radius 1 is 1.27 bits per heavy atom. The molecule has 1 heterocycles. The Balaban J connectivity index is 0.00000112. The fourth-order valence-corrected chi connectivity index (χ4v) is 1.33. The minimum absolute atomic E-state index is 0. The molecule has 0 radical (unpaired) electrons. The fourth-order valence-electron chi connectivity index (χ4n) is 1.33. The van der Waals surface area contributed by atoms with Crippen molar-refractivity contribution in [1.82, 2.24) is 0 Å². The number of benzene rings is 1. The lowest BCUT2D eigenvalue weighted by molar-refractivity contribution is -0.0000110. The first-order valence-corrected chi connectivity index (χ1v) is 4.44. The number of rotatable bonds is 2. The Bertz CT molecular complexity index is 368. The molecule has 0 saturated carbocycles. The van der Waals surface area contributed by atoms with Gasteiger partial charge in [-0.15, -0.1) is 0 Å². The molecule has 5 heteroatoms. The van der Waals surface area contributed by atoms with Crippen molar-refractivity contribution in [2.45, 2.75) is 0 Å². The molecule has 2 rings (SSSR count). The van der Waals surface area contributed by atoms with Gasteiger partial charge in [-0.05, 0) is 18.2 Å². The van der Waals surface area contributed by atoms with Crippen LogP contribution in [0.15, 0.2) is 18.2 Å². The normalized spacial score (nSPS) is 12.9. The Morgan fingerprint density at radius 2 is 1.93 bits per heavy atom. The summed E-state index contributed by atoms with van der Waals surface area (Å²) < 4.78 is 10.7. The molecule has 0 aromatic heterocycles. The third-order valence-corrected chi connectivity index (χ3v) is 2.05. The summed E-state index contributed by atoms with van der Waals surface area (Å²) in [6, 6.07) is 5.10. The number of carbonyl (C=O) groups is 1. The van der Waals surface area contributed by atoms with E-state index in [1.54, 1.807) is 18.2 Å². The molecule has 0 saturated heterocycles. The van der Waals surface area contributed by atoms with Crippen LogP contribution in [0.3, 0.4) is 0 Å². The van der Waals surface area contributed by atoms with E-state index in [1.165, 1.54) is 0 Å². The van der Waals surface area contributed by atoms with Crippen LogP contribution in [-0.4, -0.2) is 25.5 Å². The maximum absolute atomic E-state index is 11.3. The predicted molar refractivity (Wildman–Crippen MR) is 50.8 cm³/mol. The second-order valence-electron chi connectivity index (χ2n) is 2.99. The van der Waals surface area contributed by atoms with E-state index in [1.807, 2.05) is 0 Å². The lowest BCUT2D eigenvalue weighted by Gasteiger charge is -2.18. The largest absolute Gasteiger partial charge is 1.00 e. The molecule has 82 valence electrons. The third-order valence-electron chi connectivity index (χ3n) is 2.05. The van der Waals surface area contributed by atoms with E-state index in [2.05, 4.69) is 0 Å². The topological polar surface area (TPSA) is 61.6 Å². The van der Waals surface area contributed by atoms with Gasteiger partial charge >= 0.3 is 0 Å². The number of hydrogen-bond acceptors (Lipinski definition) is 4. The van der Waals surface area contributed by atoms with Crippen LogP contribution < -0.4 is 27.6 Å². The average Bonchev–Trinajstić information content (AvgIpc) is 2.27. The van der Waals surface area contributed by atoms with Crippen LogP contribution in [0.25, 0.3) is 0 Å². The molecule has 0 fully saturated rings. The molecule has 0 atom stereocenters. The van der Waals surface area contributed by atoms with Crippen molar-refractivity contribution in [3.8, 4) is 11.5 Å². The molecule has 1 aliphatic rings. The van der Waals surface area contributed by atoms with E-state index in [4.69, 9.17) is 15.2 Å². The van der Waals surface area contributed by atoms with Crippen molar-refractivity contribution < 1.29 is 26.7 Å². The van der Waals surface area contributed by atoms with Crippen LogP contribution in [-0.2, 0) is 0 Å². The molecule has 0 bridgehead atoms. The molecule has 1 aromatic carbocycles. The van der Waals surface area contributed by atoms with Crippen LogP contribution in [0.1, 0.15) is 10.4 Å². The van der Waals surface area contributed by atoms with Crippen LogP contribution in [0.5, 0.6) is 11.5 Å². The van der Waals surface area contributed by atoms with Crippen LogP contribution in [0.2, 0.25) is 0 Å². The fraction of sp³-hybridized carbons (Fsp3) is 0.300. The number of nitrogens with two attached hydrogens (primary N) is 1. The van der Waals surface area contributed by atoms with Crippen molar-refractivity contribution in [2.24, 2.45) is 5.73 Å². The van der Waals surface area contributed by atoms with Crippen molar-refractivity contribution >= 4 is 5.78 Å². The zero-order valence-corrected chi connectivity index (χ0v) is 8.79. The number of ether oxygens (including phenoxy) is 2. The van der Waals surface area contributed by atoms with Crippen molar-refractivity contribution in [3.63, 3.8) is 0 Å². The Kier molecular flexibility index (Phi) is 3.94. The maximum atomic E-state index is 11.3. The zero-order chi connectivity index (χ0) is 9.97. The van der Waals surface area contributed by atoms with Gasteiger partial charge in [-0.3, -0.25) is 4.79 Å². The van der Waals surface area contributed by atoms with E-state index >= 15 is 0 Å². The summed E-state index contributed by atoms with van der Waals surface area (Å²) in [5, 5.41) is 0. The van der Waals surface area contributed by atoms with Crippen LogP contribution in [0, 0.1) is 0 Å². The molecule has 1 aromatic rings. The SMILES string of the molecule is NCC(=O)c1ccc2c(c1)OCCO2.[Cl-]. The summed E-state index contributed by atoms with van der Waals surface area (Å²) in [7, 11) is 0. The molecule has 15 heavy (non-hydrogen) atoms. The molecular formula is C10H11ClNO3-. The van der Waals surface area contributed by atoms with Gasteiger partial charge in [0.25, 0.3) is 0 Å². The van der Waals surface area contributed by atoms with Crippen LogP contribution in [0.4, 0.5) is 0 Å². The Morgan fingerprint density at radius 3 is 2.60 bits per heavy atom.